The topological polar surface area (TPSA) is 165 Å². The van der Waals surface area contributed by atoms with Crippen molar-refractivity contribution in [3.63, 3.8) is 0 Å². The van der Waals surface area contributed by atoms with E-state index in [1.54, 1.807) is 16.5 Å². The van der Waals surface area contributed by atoms with Crippen LogP contribution in [-0.4, -0.2) is 77.2 Å². The summed E-state index contributed by atoms with van der Waals surface area (Å²) in [6, 6.07) is 19.8. The van der Waals surface area contributed by atoms with Crippen molar-refractivity contribution in [1.29, 1.82) is 0 Å². The highest BCUT2D eigenvalue weighted by Crippen LogP contribution is 2.32. The minimum Gasteiger partial charge on any atom is -0.379 e. The molecule has 0 bridgehead atoms. The number of nitro groups is 1. The maximum Gasteiger partial charge on any atom is 0.332 e. The summed E-state index contributed by atoms with van der Waals surface area (Å²) in [4.78, 5) is 26.1. The Kier molecular flexibility index (Phi) is 11.8. The summed E-state index contributed by atoms with van der Waals surface area (Å²) >= 11 is 1.57. The minimum absolute atomic E-state index is 0.0788. The van der Waals surface area contributed by atoms with E-state index in [2.05, 4.69) is 10.2 Å². The lowest BCUT2D eigenvalue weighted by molar-refractivity contribution is -0.384. The van der Waals surface area contributed by atoms with Crippen molar-refractivity contribution in [2.75, 3.05) is 43.9 Å². The van der Waals surface area contributed by atoms with Crippen LogP contribution in [0, 0.1) is 15.9 Å². The maximum atomic E-state index is 14.3. The first-order valence-corrected chi connectivity index (χ1v) is 19.1. The van der Waals surface area contributed by atoms with Gasteiger partial charge in [-0.05, 0) is 60.5 Å². The van der Waals surface area contributed by atoms with E-state index in [9.17, 15) is 40.0 Å². The Labute approximate surface area is 292 Å². The van der Waals surface area contributed by atoms with Crippen LogP contribution in [-0.2, 0) is 25.0 Å². The molecule has 12 nitrogen and oxygen atoms in total. The summed E-state index contributed by atoms with van der Waals surface area (Å²) in [6.45, 7) is 3.47. The number of morpholine rings is 1. The van der Waals surface area contributed by atoms with Crippen LogP contribution in [0.5, 0.6) is 0 Å². The maximum absolute atomic E-state index is 14.3. The van der Waals surface area contributed by atoms with Crippen LogP contribution < -0.4 is 10.0 Å². The minimum atomic E-state index is -5.42. The molecular weight excluding hydrogens is 715 g/mol. The van der Waals surface area contributed by atoms with Gasteiger partial charge in [-0.3, -0.25) is 19.8 Å². The number of hydrogen-bond acceptors (Lipinski definition) is 11. The number of anilines is 1. The number of thioether (sulfide) groups is 1. The van der Waals surface area contributed by atoms with E-state index in [0.29, 0.717) is 38.0 Å². The van der Waals surface area contributed by atoms with Crippen LogP contribution >= 0.6 is 11.8 Å². The molecule has 264 valence electrons. The average Bonchev–Trinajstić information content (AvgIpc) is 3.09. The lowest BCUT2D eigenvalue weighted by Crippen LogP contribution is -2.39. The molecule has 1 amide bonds. The van der Waals surface area contributed by atoms with Crippen molar-refractivity contribution in [2.45, 2.75) is 27.1 Å². The molecule has 1 unspecified atom stereocenters. The number of carbonyl (C=O) groups is 1. The van der Waals surface area contributed by atoms with Gasteiger partial charge in [-0.25, -0.2) is 17.5 Å². The molecule has 2 N–H and O–H groups in total. The predicted octanol–water partition coefficient (Wildman–Crippen LogP) is 5.47. The summed E-state index contributed by atoms with van der Waals surface area (Å²) in [5.74, 6) is -1.38. The van der Waals surface area contributed by atoms with Crippen LogP contribution in [0.1, 0.15) is 16.8 Å². The number of rotatable bonds is 14. The van der Waals surface area contributed by atoms with E-state index < -0.39 is 57.9 Å². The van der Waals surface area contributed by atoms with Gasteiger partial charge in [0.15, 0.2) is 0 Å². The van der Waals surface area contributed by atoms with Gasteiger partial charge in [0.05, 0.1) is 23.0 Å². The zero-order valence-electron chi connectivity index (χ0n) is 26.3. The standard InChI is InChI=1S/C33H32F2N4O8S3/c34-25-9-6-23(7-10-25)29-12-8-24(20-32(29)49(35,43)44)33(40)37-50(45,46)28-11-13-30(31(21-28)39(41)42)36-26(14-15-38-16-18-47-19-17-38)22-48-27-4-2-1-3-5-27/h1-13,20-21,26,36H,14-19,22H2,(H,37,40). The van der Waals surface area contributed by atoms with Gasteiger partial charge < -0.3 is 10.1 Å². The molecule has 0 radical (unpaired) electrons. The molecule has 17 heteroatoms. The largest absolute Gasteiger partial charge is 0.379 e. The fraction of sp³-hybridized carbons (Fsp3) is 0.242. The fourth-order valence-electron chi connectivity index (χ4n) is 5.22. The third kappa shape index (κ3) is 9.63. The van der Waals surface area contributed by atoms with Crippen molar-refractivity contribution in [1.82, 2.24) is 9.62 Å². The van der Waals surface area contributed by atoms with Gasteiger partial charge in [-0.2, -0.15) is 8.42 Å². The quantitative estimate of drug-likeness (QED) is 0.0728. The van der Waals surface area contributed by atoms with Crippen molar-refractivity contribution < 1.29 is 39.6 Å². The van der Waals surface area contributed by atoms with Gasteiger partial charge >= 0.3 is 10.2 Å². The van der Waals surface area contributed by atoms with Gasteiger partial charge in [0, 0.05) is 53.5 Å². The molecule has 1 aliphatic rings. The van der Waals surface area contributed by atoms with Crippen molar-refractivity contribution in [3.05, 3.63) is 112 Å². The molecule has 0 aromatic heterocycles. The van der Waals surface area contributed by atoms with Gasteiger partial charge in [-0.1, -0.05) is 36.4 Å². The smallest absolute Gasteiger partial charge is 0.332 e. The van der Waals surface area contributed by atoms with Crippen LogP contribution in [0.25, 0.3) is 11.1 Å². The van der Waals surface area contributed by atoms with Crippen LogP contribution in [0.2, 0.25) is 0 Å². The number of nitrogens with zero attached hydrogens (tertiary/aromatic N) is 2. The summed E-state index contributed by atoms with van der Waals surface area (Å²) in [7, 11) is -10.2. The highest BCUT2D eigenvalue weighted by atomic mass is 32.3. The lowest BCUT2D eigenvalue weighted by atomic mass is 10.0. The Morgan fingerprint density at radius 3 is 2.32 bits per heavy atom. The predicted molar refractivity (Wildman–Crippen MR) is 184 cm³/mol. The molecule has 4 aromatic carbocycles. The second-order valence-electron chi connectivity index (χ2n) is 11.2. The van der Waals surface area contributed by atoms with Crippen LogP contribution in [0.15, 0.2) is 106 Å². The first-order chi connectivity index (χ1) is 23.8. The Bertz CT molecular complexity index is 2060. The van der Waals surface area contributed by atoms with E-state index in [-0.39, 0.29) is 22.9 Å². The zero-order valence-corrected chi connectivity index (χ0v) is 28.8. The molecular formula is C33H32F2N4O8S3. The molecule has 1 atom stereocenters. The monoisotopic (exact) mass is 746 g/mol. The van der Waals surface area contributed by atoms with Crippen LogP contribution in [0.3, 0.4) is 0 Å². The number of halogens is 2. The number of hydrogen-bond donors (Lipinski definition) is 2. The van der Waals surface area contributed by atoms with E-state index >= 15 is 0 Å². The summed E-state index contributed by atoms with van der Waals surface area (Å²) < 4.78 is 85.2. The number of nitro benzene ring substituents is 1. The second-order valence-corrected chi connectivity index (χ2v) is 15.3. The number of nitrogens with one attached hydrogen (secondary N) is 2. The van der Waals surface area contributed by atoms with Crippen molar-refractivity contribution >= 4 is 49.3 Å². The van der Waals surface area contributed by atoms with Crippen molar-refractivity contribution in [3.8, 4) is 11.1 Å². The lowest BCUT2D eigenvalue weighted by Gasteiger charge is -2.29. The molecule has 4 aromatic rings. The third-order valence-electron chi connectivity index (χ3n) is 7.82. The summed E-state index contributed by atoms with van der Waals surface area (Å²) in [5, 5.41) is 15.4. The molecule has 1 aliphatic heterocycles. The molecule has 50 heavy (non-hydrogen) atoms. The third-order valence-corrected chi connectivity index (χ3v) is 11.2. The first kappa shape index (κ1) is 36.9. The van der Waals surface area contributed by atoms with E-state index in [1.165, 1.54) is 18.2 Å². The molecule has 1 fully saturated rings. The van der Waals surface area contributed by atoms with Gasteiger partial charge in [-0.15, -0.1) is 15.6 Å². The highest BCUT2D eigenvalue weighted by molar-refractivity contribution is 7.99. The normalized spacial score (nSPS) is 14.5. The number of ether oxygens (including phenoxy) is 1. The summed E-state index contributed by atoms with van der Waals surface area (Å²) in [6.07, 6.45) is 0.629. The number of carbonyl (C=O) groups excluding carboxylic acids is 1. The average molecular weight is 747 g/mol. The highest BCUT2D eigenvalue weighted by Gasteiger charge is 2.27. The number of sulfonamides is 1. The van der Waals surface area contributed by atoms with Crippen molar-refractivity contribution in [2.24, 2.45) is 0 Å². The molecule has 0 saturated carbocycles. The van der Waals surface area contributed by atoms with E-state index in [4.69, 9.17) is 4.74 Å². The van der Waals surface area contributed by atoms with E-state index in [1.807, 2.05) is 30.3 Å². The van der Waals surface area contributed by atoms with Crippen LogP contribution in [0.4, 0.5) is 19.7 Å². The first-order valence-electron chi connectivity index (χ1n) is 15.2. The number of amides is 1. The Morgan fingerprint density at radius 2 is 1.66 bits per heavy atom. The molecule has 0 spiro atoms. The Morgan fingerprint density at radius 1 is 0.960 bits per heavy atom. The number of benzene rings is 4. The SMILES string of the molecule is O=C(NS(=O)(=O)c1ccc(NC(CCN2CCOCC2)CSc2ccccc2)c([N+](=O)[O-])c1)c1ccc(-c2ccc(F)cc2)c(S(=O)(=O)F)c1. The zero-order chi connectivity index (χ0) is 35.9. The van der Waals surface area contributed by atoms with Gasteiger partial charge in [0.25, 0.3) is 21.6 Å². The molecule has 1 saturated heterocycles. The molecule has 1 heterocycles. The van der Waals surface area contributed by atoms with E-state index in [0.717, 1.165) is 54.4 Å². The second kappa shape index (κ2) is 16.1. The molecule has 0 aliphatic carbocycles. The Hall–Kier alpha value is -4.42. The summed E-state index contributed by atoms with van der Waals surface area (Å²) in [5.41, 5.74) is -1.05. The fourth-order valence-corrected chi connectivity index (χ4v) is 7.92. The van der Waals surface area contributed by atoms with Gasteiger partial charge in [0.1, 0.15) is 16.4 Å². The molecule has 5 rings (SSSR count). The Balaban J connectivity index is 1.36. The van der Waals surface area contributed by atoms with Gasteiger partial charge in [0.2, 0.25) is 0 Å².